The quantitative estimate of drug-likeness (QED) is 0.534. The van der Waals surface area contributed by atoms with Crippen molar-refractivity contribution in [1.29, 1.82) is 0 Å². The van der Waals surface area contributed by atoms with Crippen LogP contribution in [0.3, 0.4) is 0 Å². The molecule has 172 valence electrons. The predicted molar refractivity (Wildman–Crippen MR) is 125 cm³/mol. The van der Waals surface area contributed by atoms with Crippen molar-refractivity contribution in [3.8, 4) is 5.75 Å². The fourth-order valence-electron chi connectivity index (χ4n) is 5.15. The number of amides is 1. The van der Waals surface area contributed by atoms with Crippen molar-refractivity contribution >= 4 is 28.5 Å². The number of carbonyl (C=O) groups is 1. The summed E-state index contributed by atoms with van der Waals surface area (Å²) < 4.78 is 13.0. The number of aromatic nitrogens is 1. The maximum atomic E-state index is 13.0. The highest BCUT2D eigenvalue weighted by Gasteiger charge is 2.36. The van der Waals surface area contributed by atoms with Crippen LogP contribution in [0.15, 0.2) is 50.4 Å². The Bertz CT molecular complexity index is 1340. The monoisotopic (exact) mass is 468 g/mol. The van der Waals surface area contributed by atoms with Gasteiger partial charge < -0.3 is 18.6 Å². The fraction of sp³-hybridized carbons (Fsp3) is 0.400. The first-order valence-electron chi connectivity index (χ1n) is 11.3. The largest absolute Gasteiger partial charge is 0.482 e. The average Bonchev–Trinajstić information content (AvgIpc) is 2.79. The van der Waals surface area contributed by atoms with E-state index >= 15 is 0 Å². The molecule has 2 bridgehead atoms. The van der Waals surface area contributed by atoms with Gasteiger partial charge in [-0.15, -0.1) is 0 Å². The molecule has 4 heterocycles. The highest BCUT2D eigenvalue weighted by atomic mass is 35.5. The first-order valence-corrected chi connectivity index (χ1v) is 11.7. The van der Waals surface area contributed by atoms with Gasteiger partial charge in [-0.05, 0) is 36.5 Å². The van der Waals surface area contributed by atoms with Crippen molar-refractivity contribution < 1.29 is 13.9 Å². The zero-order valence-corrected chi connectivity index (χ0v) is 19.1. The van der Waals surface area contributed by atoms with Gasteiger partial charge in [-0.25, -0.2) is 4.79 Å². The van der Waals surface area contributed by atoms with E-state index in [2.05, 4.69) is 0 Å². The van der Waals surface area contributed by atoms with E-state index in [0.29, 0.717) is 36.0 Å². The number of pyridine rings is 1. The molecule has 0 N–H and O–H groups in total. The van der Waals surface area contributed by atoms with Crippen LogP contribution in [0, 0.1) is 5.92 Å². The highest BCUT2D eigenvalue weighted by molar-refractivity contribution is 6.32. The number of hydrogen-bond acceptors (Lipinski definition) is 5. The Morgan fingerprint density at radius 2 is 2.03 bits per heavy atom. The van der Waals surface area contributed by atoms with Gasteiger partial charge in [-0.3, -0.25) is 9.59 Å². The molecule has 2 aliphatic heterocycles. The van der Waals surface area contributed by atoms with Gasteiger partial charge in [0.2, 0.25) is 0 Å². The van der Waals surface area contributed by atoms with Crippen molar-refractivity contribution in [1.82, 2.24) is 9.47 Å². The number of carbonyl (C=O) groups excluding carboxylic acids is 1. The lowest BCUT2D eigenvalue weighted by atomic mass is 9.83. The van der Waals surface area contributed by atoms with Gasteiger partial charge in [0, 0.05) is 54.8 Å². The SMILES string of the molecule is CCCc1cc(=O)oc2cc(OCC(=O)N3C[C@@H]4C[C@H](C3)c3cccc(=O)n3C4)c(Cl)cc12. The molecule has 2 aliphatic rings. The van der Waals surface area contributed by atoms with Crippen LogP contribution in [-0.4, -0.2) is 35.1 Å². The molecule has 7 nitrogen and oxygen atoms in total. The fourth-order valence-corrected chi connectivity index (χ4v) is 5.36. The molecule has 33 heavy (non-hydrogen) atoms. The van der Waals surface area contributed by atoms with E-state index in [4.69, 9.17) is 20.8 Å². The third-order valence-corrected chi connectivity index (χ3v) is 6.88. The lowest BCUT2D eigenvalue weighted by Crippen LogP contribution is -2.50. The van der Waals surface area contributed by atoms with Gasteiger partial charge >= 0.3 is 5.63 Å². The molecule has 0 saturated carbocycles. The summed E-state index contributed by atoms with van der Waals surface area (Å²) in [5.74, 6) is 0.568. The Hall–Kier alpha value is -3.06. The van der Waals surface area contributed by atoms with Gasteiger partial charge in [-0.1, -0.05) is 31.0 Å². The molecule has 0 unspecified atom stereocenters. The number of hydrogen-bond donors (Lipinski definition) is 0. The number of piperidine rings is 1. The van der Waals surface area contributed by atoms with Gasteiger partial charge in [0.15, 0.2) is 6.61 Å². The molecule has 2 aromatic heterocycles. The summed E-state index contributed by atoms with van der Waals surface area (Å²) in [5.41, 5.74) is 1.87. The number of nitrogens with zero attached hydrogens (tertiary/aromatic N) is 2. The lowest BCUT2D eigenvalue weighted by molar-refractivity contribution is -0.136. The van der Waals surface area contributed by atoms with Crippen molar-refractivity contribution in [2.24, 2.45) is 5.92 Å². The van der Waals surface area contributed by atoms with E-state index in [1.54, 1.807) is 24.3 Å². The molecule has 1 amide bonds. The average molecular weight is 469 g/mol. The van der Waals surface area contributed by atoms with Crippen molar-refractivity contribution in [3.05, 3.63) is 73.5 Å². The summed E-state index contributed by atoms with van der Waals surface area (Å²) >= 11 is 6.43. The molecular formula is C25H25ClN2O5. The Kier molecular flexibility index (Phi) is 5.74. The molecule has 5 rings (SSSR count). The van der Waals surface area contributed by atoms with Gasteiger partial charge in [0.1, 0.15) is 11.3 Å². The topological polar surface area (TPSA) is 81.8 Å². The first-order chi connectivity index (χ1) is 15.9. The van der Waals surface area contributed by atoms with Crippen LogP contribution >= 0.6 is 11.6 Å². The van der Waals surface area contributed by atoms with Gasteiger partial charge in [0.25, 0.3) is 11.5 Å². The maximum absolute atomic E-state index is 13.0. The zero-order valence-electron chi connectivity index (χ0n) is 18.4. The summed E-state index contributed by atoms with van der Waals surface area (Å²) in [6.07, 6.45) is 2.60. The van der Waals surface area contributed by atoms with Crippen LogP contribution < -0.4 is 15.9 Å². The van der Waals surface area contributed by atoms with Gasteiger partial charge in [0.05, 0.1) is 5.02 Å². The first kappa shape index (κ1) is 21.8. The number of ether oxygens (including phenoxy) is 1. The standard InChI is InChI=1S/C25H25ClN2O5/c1-2-4-16-8-25(31)33-21-10-22(19(26)9-18(16)21)32-14-24(30)27-11-15-7-17(13-27)20-5-3-6-23(29)28(20)12-15/h3,5-6,8-10,15,17H,2,4,7,11-14H2,1H3/t15-,17+/m0/s1. The summed E-state index contributed by atoms with van der Waals surface area (Å²) in [4.78, 5) is 38.9. The van der Waals surface area contributed by atoms with Crippen molar-refractivity contribution in [2.45, 2.75) is 38.6 Å². The van der Waals surface area contributed by atoms with E-state index < -0.39 is 5.63 Å². The van der Waals surface area contributed by atoms with Gasteiger partial charge in [-0.2, -0.15) is 0 Å². The molecule has 0 radical (unpaired) electrons. The molecule has 1 aromatic carbocycles. The molecule has 8 heteroatoms. The van der Waals surface area contributed by atoms with E-state index in [1.807, 2.05) is 22.5 Å². The summed E-state index contributed by atoms with van der Waals surface area (Å²) in [7, 11) is 0. The molecule has 1 fully saturated rings. The number of likely N-dealkylation sites (tertiary alicyclic amines) is 1. The molecular weight excluding hydrogens is 444 g/mol. The predicted octanol–water partition coefficient (Wildman–Crippen LogP) is 3.59. The smallest absolute Gasteiger partial charge is 0.336 e. The Balaban J connectivity index is 1.32. The normalized spacial score (nSPS) is 19.4. The Morgan fingerprint density at radius 1 is 1.18 bits per heavy atom. The minimum Gasteiger partial charge on any atom is -0.482 e. The third kappa shape index (κ3) is 4.17. The molecule has 1 saturated heterocycles. The van der Waals surface area contributed by atoms with Crippen LogP contribution in [0.25, 0.3) is 11.0 Å². The number of benzene rings is 1. The molecule has 0 spiro atoms. The van der Waals surface area contributed by atoms with Crippen LogP contribution in [0.1, 0.15) is 36.9 Å². The number of halogens is 1. The van der Waals surface area contributed by atoms with Crippen molar-refractivity contribution in [3.63, 3.8) is 0 Å². The second-order valence-electron chi connectivity index (χ2n) is 8.91. The second kappa shape index (κ2) is 8.71. The van der Waals surface area contributed by atoms with E-state index in [0.717, 1.165) is 35.9 Å². The summed E-state index contributed by atoms with van der Waals surface area (Å²) in [6.45, 7) is 3.66. The summed E-state index contributed by atoms with van der Waals surface area (Å²) in [5, 5.41) is 1.14. The number of rotatable bonds is 5. The van der Waals surface area contributed by atoms with E-state index in [1.165, 1.54) is 6.07 Å². The lowest BCUT2D eigenvalue weighted by Gasteiger charge is -2.42. The minimum atomic E-state index is -0.422. The van der Waals surface area contributed by atoms with Crippen LogP contribution in [0.5, 0.6) is 5.75 Å². The molecule has 3 aromatic rings. The van der Waals surface area contributed by atoms with Crippen LogP contribution in [-0.2, 0) is 17.8 Å². The molecule has 2 atom stereocenters. The Labute approximate surface area is 195 Å². The van der Waals surface area contributed by atoms with Crippen LogP contribution in [0.4, 0.5) is 0 Å². The van der Waals surface area contributed by atoms with Crippen LogP contribution in [0.2, 0.25) is 5.02 Å². The van der Waals surface area contributed by atoms with E-state index in [9.17, 15) is 14.4 Å². The minimum absolute atomic E-state index is 0.0185. The third-order valence-electron chi connectivity index (χ3n) is 6.59. The number of fused-ring (bicyclic) bond motifs is 5. The van der Waals surface area contributed by atoms with Crippen molar-refractivity contribution in [2.75, 3.05) is 19.7 Å². The summed E-state index contributed by atoms with van der Waals surface area (Å²) in [6, 6.07) is 10.1. The zero-order chi connectivity index (χ0) is 23.1. The second-order valence-corrected chi connectivity index (χ2v) is 9.31. The Morgan fingerprint density at radius 3 is 2.85 bits per heavy atom. The van der Waals surface area contributed by atoms with E-state index in [-0.39, 0.29) is 29.9 Å². The number of aryl methyl sites for hydroxylation is 1. The molecule has 0 aliphatic carbocycles. The maximum Gasteiger partial charge on any atom is 0.336 e. The highest BCUT2D eigenvalue weighted by Crippen LogP contribution is 2.35.